The molecule has 2 aromatic rings. The van der Waals surface area contributed by atoms with Crippen LogP contribution in [0.5, 0.6) is 0 Å². The molecule has 5 heteroatoms. The molecule has 98 valence electrons. The number of carbonyl (C=O) groups is 1. The SMILES string of the molecule is CCc1ccccc1NC(=O)Cn1ncccc1=O. The summed E-state index contributed by atoms with van der Waals surface area (Å²) in [5.41, 5.74) is 1.55. The lowest BCUT2D eigenvalue weighted by atomic mass is 10.1. The first-order chi connectivity index (χ1) is 9.20. The third kappa shape index (κ3) is 3.28. The third-order valence-electron chi connectivity index (χ3n) is 2.75. The van der Waals surface area contributed by atoms with Gasteiger partial charge in [0, 0.05) is 18.0 Å². The van der Waals surface area contributed by atoms with Crippen LogP contribution in [0.1, 0.15) is 12.5 Å². The minimum Gasteiger partial charge on any atom is -0.324 e. The molecule has 1 heterocycles. The Kier molecular flexibility index (Phi) is 4.07. The van der Waals surface area contributed by atoms with Gasteiger partial charge in [-0.2, -0.15) is 5.10 Å². The lowest BCUT2D eigenvalue weighted by Gasteiger charge is -2.09. The predicted octanol–water partition coefficient (Wildman–Crippen LogP) is 1.44. The Hall–Kier alpha value is -2.43. The van der Waals surface area contributed by atoms with Crippen LogP contribution < -0.4 is 10.9 Å². The van der Waals surface area contributed by atoms with Gasteiger partial charge in [-0.15, -0.1) is 0 Å². The normalized spacial score (nSPS) is 10.2. The molecule has 1 aromatic heterocycles. The molecule has 0 fully saturated rings. The molecule has 19 heavy (non-hydrogen) atoms. The molecular weight excluding hydrogens is 242 g/mol. The second kappa shape index (κ2) is 5.95. The van der Waals surface area contributed by atoms with Crippen LogP contribution in [0.3, 0.4) is 0 Å². The van der Waals surface area contributed by atoms with Gasteiger partial charge in [-0.25, -0.2) is 4.68 Å². The summed E-state index contributed by atoms with van der Waals surface area (Å²) < 4.78 is 1.13. The van der Waals surface area contributed by atoms with Crippen molar-refractivity contribution in [1.29, 1.82) is 0 Å². The molecule has 2 rings (SSSR count). The van der Waals surface area contributed by atoms with Crippen molar-refractivity contribution >= 4 is 11.6 Å². The quantitative estimate of drug-likeness (QED) is 0.901. The minimum atomic E-state index is -0.290. The van der Waals surface area contributed by atoms with Gasteiger partial charge in [0.15, 0.2) is 0 Å². The number of para-hydroxylation sites is 1. The second-order valence-electron chi connectivity index (χ2n) is 4.08. The molecule has 1 N–H and O–H groups in total. The fourth-order valence-corrected chi connectivity index (χ4v) is 1.78. The number of aryl methyl sites for hydroxylation is 1. The summed E-state index contributed by atoms with van der Waals surface area (Å²) in [6.07, 6.45) is 2.31. The van der Waals surface area contributed by atoms with E-state index >= 15 is 0 Å². The second-order valence-corrected chi connectivity index (χ2v) is 4.08. The standard InChI is InChI=1S/C14H15N3O2/c1-2-11-6-3-4-7-12(11)16-13(18)10-17-14(19)8-5-9-15-17/h3-9H,2,10H2,1H3,(H,16,18). The van der Waals surface area contributed by atoms with Crippen LogP contribution >= 0.6 is 0 Å². The highest BCUT2D eigenvalue weighted by atomic mass is 16.2. The van der Waals surface area contributed by atoms with E-state index in [2.05, 4.69) is 10.4 Å². The number of carbonyl (C=O) groups excluding carboxylic acids is 1. The van der Waals surface area contributed by atoms with Gasteiger partial charge < -0.3 is 5.32 Å². The summed E-state index contributed by atoms with van der Waals surface area (Å²) in [6.45, 7) is 1.94. The Morgan fingerprint density at radius 3 is 2.79 bits per heavy atom. The van der Waals surface area contributed by atoms with Gasteiger partial charge in [-0.1, -0.05) is 25.1 Å². The van der Waals surface area contributed by atoms with E-state index in [0.29, 0.717) is 0 Å². The molecule has 0 atom stereocenters. The first kappa shape index (κ1) is 13.0. The van der Waals surface area contributed by atoms with Crippen LogP contribution in [-0.4, -0.2) is 15.7 Å². The number of hydrogen-bond acceptors (Lipinski definition) is 3. The molecule has 1 amide bonds. The molecule has 0 spiro atoms. The third-order valence-corrected chi connectivity index (χ3v) is 2.75. The summed E-state index contributed by atoms with van der Waals surface area (Å²) in [4.78, 5) is 23.3. The van der Waals surface area contributed by atoms with Crippen molar-refractivity contribution < 1.29 is 4.79 Å². The Balaban J connectivity index is 2.10. The van der Waals surface area contributed by atoms with E-state index < -0.39 is 0 Å². The summed E-state index contributed by atoms with van der Waals surface area (Å²) in [5, 5.41) is 6.64. The molecule has 0 saturated heterocycles. The van der Waals surface area contributed by atoms with E-state index in [-0.39, 0.29) is 18.0 Å². The number of nitrogens with zero attached hydrogens (tertiary/aromatic N) is 2. The average molecular weight is 257 g/mol. The van der Waals surface area contributed by atoms with E-state index in [1.165, 1.54) is 12.3 Å². The molecule has 0 aliphatic heterocycles. The van der Waals surface area contributed by atoms with Crippen molar-refractivity contribution in [1.82, 2.24) is 9.78 Å². The van der Waals surface area contributed by atoms with Gasteiger partial charge in [0.1, 0.15) is 6.54 Å². The van der Waals surface area contributed by atoms with Crippen LogP contribution in [0.25, 0.3) is 0 Å². The number of aromatic nitrogens is 2. The molecule has 0 radical (unpaired) electrons. The van der Waals surface area contributed by atoms with E-state index in [0.717, 1.165) is 22.4 Å². The number of benzene rings is 1. The lowest BCUT2D eigenvalue weighted by Crippen LogP contribution is -2.28. The van der Waals surface area contributed by atoms with E-state index in [9.17, 15) is 9.59 Å². The van der Waals surface area contributed by atoms with Gasteiger partial charge in [0.2, 0.25) is 5.91 Å². The Morgan fingerprint density at radius 1 is 1.26 bits per heavy atom. The van der Waals surface area contributed by atoms with Gasteiger partial charge >= 0.3 is 0 Å². The van der Waals surface area contributed by atoms with Crippen LogP contribution in [0, 0.1) is 0 Å². The smallest absolute Gasteiger partial charge is 0.267 e. The predicted molar refractivity (Wildman–Crippen MR) is 72.9 cm³/mol. The van der Waals surface area contributed by atoms with Crippen molar-refractivity contribution in [2.24, 2.45) is 0 Å². The number of rotatable bonds is 4. The van der Waals surface area contributed by atoms with E-state index in [1.807, 2.05) is 31.2 Å². The maximum absolute atomic E-state index is 11.9. The Labute approximate surface area is 110 Å². The Morgan fingerprint density at radius 2 is 2.05 bits per heavy atom. The number of nitrogens with one attached hydrogen (secondary N) is 1. The summed E-state index contributed by atoms with van der Waals surface area (Å²) in [5.74, 6) is -0.262. The highest BCUT2D eigenvalue weighted by Gasteiger charge is 2.07. The molecule has 5 nitrogen and oxygen atoms in total. The molecule has 0 aliphatic carbocycles. The van der Waals surface area contributed by atoms with Crippen molar-refractivity contribution in [3.05, 3.63) is 58.5 Å². The highest BCUT2D eigenvalue weighted by molar-refractivity contribution is 5.91. The van der Waals surface area contributed by atoms with Crippen molar-refractivity contribution in [2.75, 3.05) is 5.32 Å². The van der Waals surface area contributed by atoms with Gasteiger partial charge in [0.05, 0.1) is 0 Å². The van der Waals surface area contributed by atoms with Gasteiger partial charge in [0.25, 0.3) is 5.56 Å². The highest BCUT2D eigenvalue weighted by Crippen LogP contribution is 2.15. The monoisotopic (exact) mass is 257 g/mol. The summed E-state index contributed by atoms with van der Waals surface area (Å²) in [6, 6.07) is 10.5. The van der Waals surface area contributed by atoms with Crippen molar-refractivity contribution in [3.63, 3.8) is 0 Å². The number of hydrogen-bond donors (Lipinski definition) is 1. The molecule has 0 unspecified atom stereocenters. The largest absolute Gasteiger partial charge is 0.324 e. The minimum absolute atomic E-state index is 0.0856. The van der Waals surface area contributed by atoms with Crippen LogP contribution in [0.15, 0.2) is 47.4 Å². The van der Waals surface area contributed by atoms with Crippen LogP contribution in [0.4, 0.5) is 5.69 Å². The van der Waals surface area contributed by atoms with E-state index in [4.69, 9.17) is 0 Å². The summed E-state index contributed by atoms with van der Waals surface area (Å²) >= 11 is 0. The topological polar surface area (TPSA) is 64.0 Å². The lowest BCUT2D eigenvalue weighted by molar-refractivity contribution is -0.117. The molecule has 0 aliphatic rings. The van der Waals surface area contributed by atoms with Crippen LogP contribution in [0.2, 0.25) is 0 Å². The first-order valence-electron chi connectivity index (χ1n) is 6.10. The number of amides is 1. The van der Waals surface area contributed by atoms with Crippen LogP contribution in [-0.2, 0) is 17.8 Å². The average Bonchev–Trinajstić information content (AvgIpc) is 2.42. The van der Waals surface area contributed by atoms with Gasteiger partial charge in [-0.3, -0.25) is 9.59 Å². The zero-order valence-electron chi connectivity index (χ0n) is 10.7. The number of anilines is 1. The molecule has 1 aromatic carbocycles. The maximum Gasteiger partial charge on any atom is 0.267 e. The summed E-state index contributed by atoms with van der Waals surface area (Å²) in [7, 11) is 0. The fraction of sp³-hybridized carbons (Fsp3) is 0.214. The van der Waals surface area contributed by atoms with Gasteiger partial charge in [-0.05, 0) is 24.1 Å². The Bertz CT molecular complexity index is 634. The fourth-order valence-electron chi connectivity index (χ4n) is 1.78. The van der Waals surface area contributed by atoms with Crippen molar-refractivity contribution in [3.8, 4) is 0 Å². The van der Waals surface area contributed by atoms with E-state index in [1.54, 1.807) is 6.07 Å². The first-order valence-corrected chi connectivity index (χ1v) is 6.10. The zero-order valence-corrected chi connectivity index (χ0v) is 10.7. The maximum atomic E-state index is 11.9. The zero-order chi connectivity index (χ0) is 13.7. The van der Waals surface area contributed by atoms with Crippen molar-refractivity contribution in [2.45, 2.75) is 19.9 Å². The molecule has 0 bridgehead atoms. The molecular formula is C14H15N3O2. The molecule has 0 saturated carbocycles.